The molecule has 0 saturated heterocycles. The molecule has 0 aliphatic rings. The summed E-state index contributed by atoms with van der Waals surface area (Å²) in [5.41, 5.74) is 7.89. The first kappa shape index (κ1) is 21.6. The third-order valence-electron chi connectivity index (χ3n) is 8.67. The summed E-state index contributed by atoms with van der Waals surface area (Å²) in [6.45, 7) is 0. The number of nitrogens with zero attached hydrogens (tertiary/aromatic N) is 3. The highest BCUT2D eigenvalue weighted by Gasteiger charge is 2.22. The maximum absolute atomic E-state index is 5.33. The number of aromatic nitrogens is 3. The molecule has 4 aromatic heterocycles. The summed E-state index contributed by atoms with van der Waals surface area (Å²) in [5.74, 6) is 0. The molecule has 0 amide bonds. The van der Waals surface area contributed by atoms with Crippen LogP contribution in [0, 0.1) is 0 Å². The molecule has 190 valence electrons. The summed E-state index contributed by atoms with van der Waals surface area (Å²) in [4.78, 5) is 5.33. The minimum atomic E-state index is 0.998. The van der Waals surface area contributed by atoms with Crippen molar-refractivity contribution in [3.05, 3.63) is 127 Å². The van der Waals surface area contributed by atoms with Crippen LogP contribution >= 0.6 is 11.3 Å². The van der Waals surface area contributed by atoms with E-state index in [2.05, 4.69) is 136 Å². The third kappa shape index (κ3) is 2.70. The molecule has 0 aliphatic carbocycles. The van der Waals surface area contributed by atoms with E-state index < -0.39 is 0 Å². The molecule has 4 heterocycles. The van der Waals surface area contributed by atoms with Crippen LogP contribution in [0.2, 0.25) is 0 Å². The second-order valence-corrected chi connectivity index (χ2v) is 11.8. The molecule has 0 bridgehead atoms. The smallest absolute Gasteiger partial charge is 0.148 e. The van der Waals surface area contributed by atoms with E-state index in [4.69, 9.17) is 4.98 Å². The van der Waals surface area contributed by atoms with Gasteiger partial charge in [-0.05, 0) is 53.9 Å². The number of para-hydroxylation sites is 4. The largest absolute Gasteiger partial charge is 0.308 e. The van der Waals surface area contributed by atoms with Gasteiger partial charge in [-0.1, -0.05) is 78.9 Å². The number of hydrogen-bond acceptors (Lipinski definition) is 2. The molecule has 4 heteroatoms. The second kappa shape index (κ2) is 7.72. The second-order valence-electron chi connectivity index (χ2n) is 10.8. The lowest BCUT2D eigenvalue weighted by atomic mass is 9.98. The van der Waals surface area contributed by atoms with E-state index in [1.54, 1.807) is 0 Å². The molecule has 0 N–H and O–H groups in total. The van der Waals surface area contributed by atoms with Crippen LogP contribution in [0.4, 0.5) is 0 Å². The molecule has 10 rings (SSSR count). The summed E-state index contributed by atoms with van der Waals surface area (Å²) in [5, 5.41) is 8.85. The Morgan fingerprint density at radius 1 is 0.463 bits per heavy atom. The minimum Gasteiger partial charge on any atom is -0.308 e. The predicted octanol–water partition coefficient (Wildman–Crippen LogP) is 10.3. The van der Waals surface area contributed by atoms with Crippen LogP contribution in [0.5, 0.6) is 0 Å². The Labute approximate surface area is 238 Å². The quantitative estimate of drug-likeness (QED) is 0.190. The van der Waals surface area contributed by atoms with Crippen molar-refractivity contribution in [1.29, 1.82) is 0 Å². The monoisotopic (exact) mass is 539 g/mol. The van der Waals surface area contributed by atoms with Crippen molar-refractivity contribution in [2.24, 2.45) is 0 Å². The van der Waals surface area contributed by atoms with Gasteiger partial charge in [-0.3, -0.25) is 4.40 Å². The summed E-state index contributed by atoms with van der Waals surface area (Å²) >= 11 is 1.87. The molecule has 0 spiro atoms. The Morgan fingerprint density at radius 2 is 1.20 bits per heavy atom. The van der Waals surface area contributed by atoms with Gasteiger partial charge in [0.1, 0.15) is 5.65 Å². The lowest BCUT2D eigenvalue weighted by Gasteiger charge is -2.14. The fraction of sp³-hybridized carbons (Fsp3) is 0. The van der Waals surface area contributed by atoms with E-state index in [1.807, 2.05) is 11.3 Å². The van der Waals surface area contributed by atoms with Crippen molar-refractivity contribution in [1.82, 2.24) is 14.0 Å². The van der Waals surface area contributed by atoms with Crippen LogP contribution in [0.15, 0.2) is 127 Å². The van der Waals surface area contributed by atoms with Crippen molar-refractivity contribution in [3.63, 3.8) is 0 Å². The van der Waals surface area contributed by atoms with Crippen molar-refractivity contribution in [3.8, 4) is 5.69 Å². The highest BCUT2D eigenvalue weighted by Crippen LogP contribution is 2.46. The normalized spacial score (nSPS) is 12.4. The Kier molecular flexibility index (Phi) is 4.07. The molecule has 0 fully saturated rings. The van der Waals surface area contributed by atoms with Gasteiger partial charge in [-0.25, -0.2) is 4.98 Å². The van der Waals surface area contributed by atoms with Crippen molar-refractivity contribution < 1.29 is 0 Å². The lowest BCUT2D eigenvalue weighted by Crippen LogP contribution is -1.97. The highest BCUT2D eigenvalue weighted by molar-refractivity contribution is 7.26. The van der Waals surface area contributed by atoms with E-state index in [9.17, 15) is 0 Å². The molecule has 0 unspecified atom stereocenters. The van der Waals surface area contributed by atoms with Crippen LogP contribution in [0.3, 0.4) is 0 Å². The van der Waals surface area contributed by atoms with E-state index in [0.29, 0.717) is 0 Å². The molecule has 0 atom stereocenters. The van der Waals surface area contributed by atoms with Gasteiger partial charge in [0, 0.05) is 42.0 Å². The molecule has 6 aromatic carbocycles. The Hall–Kier alpha value is -5.19. The van der Waals surface area contributed by atoms with Gasteiger partial charge in [0.15, 0.2) is 0 Å². The maximum atomic E-state index is 5.33. The van der Waals surface area contributed by atoms with Crippen LogP contribution in [0.1, 0.15) is 0 Å². The number of thiophene rings is 1. The standard InChI is InChI=1S/C37H21N3S/c1-2-10-22(11-3-1)39-28-15-7-4-12-23(28)24-18-19-26-33-30(20-21-32-34(33)25-13-5-9-17-31(25)41-32)40-29-16-8-6-14-27(29)38-37(40)35(26)36(24)39/h1-21H. The topological polar surface area (TPSA) is 22.2 Å². The molecular formula is C37H21N3S. The average molecular weight is 540 g/mol. The lowest BCUT2D eigenvalue weighted by molar-refractivity contribution is 1.18. The first-order chi connectivity index (χ1) is 20.4. The van der Waals surface area contributed by atoms with Gasteiger partial charge >= 0.3 is 0 Å². The zero-order valence-corrected chi connectivity index (χ0v) is 22.7. The van der Waals surface area contributed by atoms with E-state index in [-0.39, 0.29) is 0 Å². The minimum absolute atomic E-state index is 0.998. The number of benzene rings is 6. The van der Waals surface area contributed by atoms with Crippen LogP contribution in [-0.4, -0.2) is 14.0 Å². The first-order valence-electron chi connectivity index (χ1n) is 13.9. The van der Waals surface area contributed by atoms with E-state index >= 15 is 0 Å². The number of rotatable bonds is 1. The molecule has 10 aromatic rings. The highest BCUT2D eigenvalue weighted by atomic mass is 32.1. The van der Waals surface area contributed by atoms with Gasteiger partial charge < -0.3 is 4.57 Å². The van der Waals surface area contributed by atoms with Gasteiger partial charge in [0.25, 0.3) is 0 Å². The SMILES string of the molecule is c1ccc(-n2c3ccccc3c3ccc4c5c6c(ccc5n5c7ccccc7nc5c4c32)sc2ccccc26)cc1. The van der Waals surface area contributed by atoms with Crippen molar-refractivity contribution >= 4 is 91.7 Å². The predicted molar refractivity (Wildman–Crippen MR) is 175 cm³/mol. The number of hydrogen-bond donors (Lipinski definition) is 0. The molecule has 0 aliphatic heterocycles. The molecule has 0 radical (unpaired) electrons. The Balaban J connectivity index is 1.59. The Morgan fingerprint density at radius 3 is 2.10 bits per heavy atom. The fourth-order valence-corrected chi connectivity index (χ4v) is 8.15. The summed E-state index contributed by atoms with van der Waals surface area (Å²) in [6.07, 6.45) is 0. The van der Waals surface area contributed by atoms with Crippen molar-refractivity contribution in [2.45, 2.75) is 0 Å². The summed E-state index contributed by atoms with van der Waals surface area (Å²) in [6, 6.07) is 46.1. The Bertz CT molecular complexity index is 2690. The number of imidazole rings is 1. The van der Waals surface area contributed by atoms with Gasteiger partial charge in [0.2, 0.25) is 0 Å². The maximum Gasteiger partial charge on any atom is 0.148 e. The van der Waals surface area contributed by atoms with E-state index in [1.165, 1.54) is 63.7 Å². The van der Waals surface area contributed by atoms with Crippen LogP contribution < -0.4 is 0 Å². The molecule has 41 heavy (non-hydrogen) atoms. The zero-order valence-electron chi connectivity index (χ0n) is 21.9. The van der Waals surface area contributed by atoms with Crippen molar-refractivity contribution in [2.75, 3.05) is 0 Å². The molecule has 3 nitrogen and oxygen atoms in total. The number of fused-ring (bicyclic) bond motifs is 16. The number of pyridine rings is 1. The van der Waals surface area contributed by atoms with Crippen LogP contribution in [-0.2, 0) is 0 Å². The van der Waals surface area contributed by atoms with Gasteiger partial charge in [-0.2, -0.15) is 0 Å². The average Bonchev–Trinajstić information content (AvgIpc) is 3.71. The van der Waals surface area contributed by atoms with Gasteiger partial charge in [0.05, 0.1) is 33.0 Å². The zero-order chi connectivity index (χ0) is 26.7. The summed E-state index contributed by atoms with van der Waals surface area (Å²) in [7, 11) is 0. The first-order valence-corrected chi connectivity index (χ1v) is 14.7. The third-order valence-corrected chi connectivity index (χ3v) is 9.80. The fourth-order valence-electron chi connectivity index (χ4n) is 7.04. The molecular weight excluding hydrogens is 518 g/mol. The molecule has 0 saturated carbocycles. The van der Waals surface area contributed by atoms with E-state index in [0.717, 1.165) is 22.4 Å². The summed E-state index contributed by atoms with van der Waals surface area (Å²) < 4.78 is 7.46. The van der Waals surface area contributed by atoms with Gasteiger partial charge in [-0.15, -0.1) is 11.3 Å². The van der Waals surface area contributed by atoms with Crippen LogP contribution in [0.25, 0.3) is 86.0 Å².